The second-order valence-electron chi connectivity index (χ2n) is 4.90. The fourth-order valence-corrected chi connectivity index (χ4v) is 2.40. The third kappa shape index (κ3) is 3.78. The molecule has 0 spiro atoms. The van der Waals surface area contributed by atoms with E-state index in [0.717, 1.165) is 5.56 Å². The Balaban J connectivity index is 2.01. The van der Waals surface area contributed by atoms with Gasteiger partial charge in [0.1, 0.15) is 11.5 Å². The average molecular weight is 294 g/mol. The molecule has 1 saturated heterocycles. The summed E-state index contributed by atoms with van der Waals surface area (Å²) in [7, 11) is 3.16. The first-order valence-corrected chi connectivity index (χ1v) is 7.01. The van der Waals surface area contributed by atoms with Crippen LogP contribution in [0.5, 0.6) is 11.5 Å². The Morgan fingerprint density at radius 3 is 2.52 bits per heavy atom. The lowest BCUT2D eigenvalue weighted by Crippen LogP contribution is -2.40. The standard InChI is InChI=1S/C15H22N2O4/c1-19-13-10-14(20-2)12(16)9-11(13)3-4-15(18)17-5-7-21-8-6-17/h9-10H,3-8,16H2,1-2H3. The second kappa shape index (κ2) is 7.17. The van der Waals surface area contributed by atoms with Crippen LogP contribution in [-0.2, 0) is 16.0 Å². The third-order valence-electron chi connectivity index (χ3n) is 3.60. The number of nitrogens with zero attached hydrogens (tertiary/aromatic N) is 1. The topological polar surface area (TPSA) is 74.0 Å². The van der Waals surface area contributed by atoms with Crippen molar-refractivity contribution in [3.63, 3.8) is 0 Å². The Kier molecular flexibility index (Phi) is 5.27. The van der Waals surface area contributed by atoms with E-state index in [-0.39, 0.29) is 5.91 Å². The van der Waals surface area contributed by atoms with Crippen molar-refractivity contribution in [1.82, 2.24) is 4.90 Å². The Bertz CT molecular complexity index is 499. The number of hydrogen-bond donors (Lipinski definition) is 1. The maximum Gasteiger partial charge on any atom is 0.223 e. The molecule has 116 valence electrons. The smallest absolute Gasteiger partial charge is 0.223 e. The molecule has 1 aromatic carbocycles. The maximum atomic E-state index is 12.2. The van der Waals surface area contributed by atoms with Crippen LogP contribution in [0.15, 0.2) is 12.1 Å². The van der Waals surface area contributed by atoms with Gasteiger partial charge in [-0.3, -0.25) is 4.79 Å². The molecule has 1 aliphatic rings. The molecule has 0 aliphatic carbocycles. The van der Waals surface area contributed by atoms with Crippen LogP contribution in [0.3, 0.4) is 0 Å². The van der Waals surface area contributed by atoms with E-state index < -0.39 is 0 Å². The fraction of sp³-hybridized carbons (Fsp3) is 0.533. The molecular formula is C15H22N2O4. The van der Waals surface area contributed by atoms with Gasteiger partial charge in [-0.15, -0.1) is 0 Å². The van der Waals surface area contributed by atoms with Crippen LogP contribution in [0.25, 0.3) is 0 Å². The van der Waals surface area contributed by atoms with Gasteiger partial charge in [0.15, 0.2) is 0 Å². The number of nitrogens with two attached hydrogens (primary N) is 1. The number of amides is 1. The van der Waals surface area contributed by atoms with Gasteiger partial charge in [0, 0.05) is 25.6 Å². The number of anilines is 1. The van der Waals surface area contributed by atoms with Crippen LogP contribution in [0, 0.1) is 0 Å². The molecule has 0 atom stereocenters. The molecule has 0 radical (unpaired) electrons. The van der Waals surface area contributed by atoms with E-state index in [1.165, 1.54) is 0 Å². The number of morpholine rings is 1. The minimum atomic E-state index is 0.134. The number of nitrogen functional groups attached to an aromatic ring is 1. The van der Waals surface area contributed by atoms with Gasteiger partial charge >= 0.3 is 0 Å². The van der Waals surface area contributed by atoms with Crippen LogP contribution in [0.1, 0.15) is 12.0 Å². The molecule has 1 heterocycles. The van der Waals surface area contributed by atoms with Crippen molar-refractivity contribution >= 4 is 11.6 Å². The number of rotatable bonds is 5. The molecular weight excluding hydrogens is 272 g/mol. The van der Waals surface area contributed by atoms with Crippen LogP contribution in [0.4, 0.5) is 5.69 Å². The summed E-state index contributed by atoms with van der Waals surface area (Å²) in [6.07, 6.45) is 1.02. The van der Waals surface area contributed by atoms with E-state index >= 15 is 0 Å². The summed E-state index contributed by atoms with van der Waals surface area (Å²) in [6.45, 7) is 2.57. The van der Waals surface area contributed by atoms with E-state index in [4.69, 9.17) is 19.9 Å². The molecule has 2 rings (SSSR count). The highest BCUT2D eigenvalue weighted by Crippen LogP contribution is 2.31. The van der Waals surface area contributed by atoms with Gasteiger partial charge in [0.25, 0.3) is 0 Å². The summed E-state index contributed by atoms with van der Waals surface area (Å²) < 4.78 is 15.8. The van der Waals surface area contributed by atoms with Crippen molar-refractivity contribution < 1.29 is 19.0 Å². The Hall–Kier alpha value is -1.95. The van der Waals surface area contributed by atoms with E-state index in [1.54, 1.807) is 20.3 Å². The SMILES string of the molecule is COc1cc(OC)c(CCC(=O)N2CCOCC2)cc1N. The number of carbonyl (C=O) groups is 1. The maximum absolute atomic E-state index is 12.2. The summed E-state index contributed by atoms with van der Waals surface area (Å²) in [4.78, 5) is 14.0. The van der Waals surface area contributed by atoms with Crippen molar-refractivity contribution in [3.05, 3.63) is 17.7 Å². The molecule has 2 N–H and O–H groups in total. The Morgan fingerprint density at radius 2 is 1.90 bits per heavy atom. The predicted molar refractivity (Wildman–Crippen MR) is 79.7 cm³/mol. The summed E-state index contributed by atoms with van der Waals surface area (Å²) in [5.41, 5.74) is 7.37. The quantitative estimate of drug-likeness (QED) is 0.823. The van der Waals surface area contributed by atoms with Gasteiger partial charge < -0.3 is 24.8 Å². The molecule has 6 nitrogen and oxygen atoms in total. The lowest BCUT2D eigenvalue weighted by molar-refractivity contribution is -0.135. The van der Waals surface area contributed by atoms with E-state index in [1.807, 2.05) is 11.0 Å². The zero-order chi connectivity index (χ0) is 15.2. The second-order valence-corrected chi connectivity index (χ2v) is 4.90. The highest BCUT2D eigenvalue weighted by atomic mass is 16.5. The van der Waals surface area contributed by atoms with Gasteiger partial charge in [0.05, 0.1) is 33.1 Å². The molecule has 6 heteroatoms. The summed E-state index contributed by atoms with van der Waals surface area (Å²) in [5.74, 6) is 1.40. The van der Waals surface area contributed by atoms with Crippen LogP contribution in [-0.4, -0.2) is 51.3 Å². The van der Waals surface area contributed by atoms with Crippen molar-refractivity contribution in [2.24, 2.45) is 0 Å². The van der Waals surface area contributed by atoms with E-state index in [0.29, 0.717) is 56.3 Å². The molecule has 0 aromatic heterocycles. The van der Waals surface area contributed by atoms with Gasteiger partial charge in [-0.2, -0.15) is 0 Å². The van der Waals surface area contributed by atoms with Crippen molar-refractivity contribution in [1.29, 1.82) is 0 Å². The van der Waals surface area contributed by atoms with Crippen molar-refractivity contribution in [3.8, 4) is 11.5 Å². The molecule has 0 saturated carbocycles. The number of ether oxygens (including phenoxy) is 3. The summed E-state index contributed by atoms with van der Waals surface area (Å²) >= 11 is 0. The number of aryl methyl sites for hydroxylation is 1. The largest absolute Gasteiger partial charge is 0.496 e. The monoisotopic (exact) mass is 294 g/mol. The van der Waals surface area contributed by atoms with Crippen molar-refractivity contribution in [2.45, 2.75) is 12.8 Å². The Morgan fingerprint density at radius 1 is 1.24 bits per heavy atom. The molecule has 0 bridgehead atoms. The molecule has 1 aliphatic heterocycles. The summed E-state index contributed by atoms with van der Waals surface area (Å²) in [5, 5.41) is 0. The fourth-order valence-electron chi connectivity index (χ4n) is 2.40. The first-order valence-electron chi connectivity index (χ1n) is 7.01. The van der Waals surface area contributed by atoms with Crippen molar-refractivity contribution in [2.75, 3.05) is 46.3 Å². The van der Waals surface area contributed by atoms with Gasteiger partial charge in [0.2, 0.25) is 5.91 Å². The van der Waals surface area contributed by atoms with E-state index in [9.17, 15) is 4.79 Å². The molecule has 1 amide bonds. The highest BCUT2D eigenvalue weighted by molar-refractivity contribution is 5.76. The first kappa shape index (κ1) is 15.4. The Labute approximate surface area is 124 Å². The van der Waals surface area contributed by atoms with Gasteiger partial charge in [-0.25, -0.2) is 0 Å². The number of methoxy groups -OCH3 is 2. The molecule has 1 fully saturated rings. The molecule has 0 unspecified atom stereocenters. The minimum Gasteiger partial charge on any atom is -0.496 e. The number of carbonyl (C=O) groups excluding carboxylic acids is 1. The minimum absolute atomic E-state index is 0.134. The van der Waals surface area contributed by atoms with Gasteiger partial charge in [-0.1, -0.05) is 0 Å². The molecule has 21 heavy (non-hydrogen) atoms. The third-order valence-corrected chi connectivity index (χ3v) is 3.60. The zero-order valence-electron chi connectivity index (χ0n) is 12.6. The lowest BCUT2D eigenvalue weighted by Gasteiger charge is -2.27. The highest BCUT2D eigenvalue weighted by Gasteiger charge is 2.17. The first-order chi connectivity index (χ1) is 10.2. The van der Waals surface area contributed by atoms with Crippen LogP contribution >= 0.6 is 0 Å². The lowest BCUT2D eigenvalue weighted by atomic mass is 10.1. The van der Waals surface area contributed by atoms with Crippen LogP contribution < -0.4 is 15.2 Å². The molecule has 1 aromatic rings. The van der Waals surface area contributed by atoms with Gasteiger partial charge in [-0.05, 0) is 18.1 Å². The van der Waals surface area contributed by atoms with Crippen LogP contribution in [0.2, 0.25) is 0 Å². The number of hydrogen-bond acceptors (Lipinski definition) is 5. The normalized spacial score (nSPS) is 14.9. The van der Waals surface area contributed by atoms with E-state index in [2.05, 4.69) is 0 Å². The zero-order valence-corrected chi connectivity index (χ0v) is 12.6. The summed E-state index contributed by atoms with van der Waals surface area (Å²) in [6, 6.07) is 3.56. The number of benzene rings is 1. The average Bonchev–Trinajstić information content (AvgIpc) is 2.53. The predicted octanol–water partition coefficient (Wildman–Crippen LogP) is 1.08.